The zero-order valence-electron chi connectivity index (χ0n) is 16.7. The Morgan fingerprint density at radius 1 is 0.786 bits per heavy atom. The molecule has 0 aromatic heterocycles. The van der Waals surface area contributed by atoms with E-state index in [1.165, 1.54) is 5.56 Å². The van der Waals surface area contributed by atoms with E-state index < -0.39 is 0 Å². The van der Waals surface area contributed by atoms with Crippen LogP contribution in [0.5, 0.6) is 17.2 Å². The molecular weight excluding hydrogens is 350 g/mol. The molecule has 1 N–H and O–H groups in total. The maximum atomic E-state index is 6.00. The SMILES string of the molecule is CCOc1cc(CNc2ccc(OC)cc2)ccc1OCc1ccc(C)cc1. The minimum atomic E-state index is 0.518. The highest BCUT2D eigenvalue weighted by molar-refractivity contribution is 5.48. The van der Waals surface area contributed by atoms with Crippen molar-refractivity contribution in [2.75, 3.05) is 19.0 Å². The van der Waals surface area contributed by atoms with Crippen molar-refractivity contribution in [2.45, 2.75) is 27.0 Å². The topological polar surface area (TPSA) is 39.7 Å². The molecule has 3 rings (SSSR count). The second-order valence-corrected chi connectivity index (χ2v) is 6.57. The van der Waals surface area contributed by atoms with Gasteiger partial charge in [0.05, 0.1) is 13.7 Å². The van der Waals surface area contributed by atoms with Gasteiger partial charge in [0.25, 0.3) is 0 Å². The van der Waals surface area contributed by atoms with Gasteiger partial charge < -0.3 is 19.5 Å². The van der Waals surface area contributed by atoms with E-state index in [0.29, 0.717) is 19.8 Å². The summed E-state index contributed by atoms with van der Waals surface area (Å²) in [5.41, 5.74) is 4.55. The van der Waals surface area contributed by atoms with Crippen molar-refractivity contribution in [3.05, 3.63) is 83.4 Å². The standard InChI is InChI=1S/C24H27NO3/c1-4-27-24-15-20(16-25-21-10-12-22(26-3)13-11-21)9-14-23(24)28-17-19-7-5-18(2)6-8-19/h5-15,25H,4,16-17H2,1-3H3. The van der Waals surface area contributed by atoms with Gasteiger partial charge in [0.2, 0.25) is 0 Å². The van der Waals surface area contributed by atoms with Crippen LogP contribution in [0.1, 0.15) is 23.6 Å². The van der Waals surface area contributed by atoms with Crippen molar-refractivity contribution >= 4 is 5.69 Å². The monoisotopic (exact) mass is 377 g/mol. The van der Waals surface area contributed by atoms with Crippen LogP contribution in [0.2, 0.25) is 0 Å². The number of nitrogens with one attached hydrogen (secondary N) is 1. The molecular formula is C24H27NO3. The van der Waals surface area contributed by atoms with Gasteiger partial charge in [0.1, 0.15) is 12.4 Å². The molecule has 0 amide bonds. The third kappa shape index (κ3) is 5.43. The normalized spacial score (nSPS) is 10.4. The fourth-order valence-corrected chi connectivity index (χ4v) is 2.81. The molecule has 0 aliphatic carbocycles. The largest absolute Gasteiger partial charge is 0.497 e. The Bertz CT molecular complexity index is 873. The average Bonchev–Trinajstić information content (AvgIpc) is 2.73. The number of hydrogen-bond donors (Lipinski definition) is 1. The van der Waals surface area contributed by atoms with Gasteiger partial charge in [-0.25, -0.2) is 0 Å². The Morgan fingerprint density at radius 3 is 2.18 bits per heavy atom. The Hall–Kier alpha value is -3.14. The molecule has 4 nitrogen and oxygen atoms in total. The van der Waals surface area contributed by atoms with Crippen molar-refractivity contribution in [3.8, 4) is 17.2 Å². The molecule has 3 aromatic carbocycles. The second kappa shape index (κ2) is 9.70. The molecule has 0 unspecified atom stereocenters. The van der Waals surface area contributed by atoms with Crippen molar-refractivity contribution in [2.24, 2.45) is 0 Å². The van der Waals surface area contributed by atoms with Crippen molar-refractivity contribution in [1.82, 2.24) is 0 Å². The summed E-state index contributed by atoms with van der Waals surface area (Å²) >= 11 is 0. The minimum Gasteiger partial charge on any atom is -0.497 e. The number of aryl methyl sites for hydroxylation is 1. The van der Waals surface area contributed by atoms with Gasteiger partial charge in [0.15, 0.2) is 11.5 Å². The van der Waals surface area contributed by atoms with Gasteiger partial charge >= 0.3 is 0 Å². The van der Waals surface area contributed by atoms with Crippen LogP contribution in [0.25, 0.3) is 0 Å². The summed E-state index contributed by atoms with van der Waals surface area (Å²) in [7, 11) is 1.67. The summed E-state index contributed by atoms with van der Waals surface area (Å²) in [6.45, 7) is 5.87. The molecule has 0 saturated carbocycles. The van der Waals surface area contributed by atoms with E-state index >= 15 is 0 Å². The smallest absolute Gasteiger partial charge is 0.161 e. The average molecular weight is 377 g/mol. The molecule has 0 heterocycles. The first kappa shape index (κ1) is 19.6. The molecule has 0 aliphatic rings. The summed E-state index contributed by atoms with van der Waals surface area (Å²) in [5.74, 6) is 2.37. The highest BCUT2D eigenvalue weighted by Gasteiger charge is 2.07. The Balaban J connectivity index is 1.64. The molecule has 146 valence electrons. The lowest BCUT2D eigenvalue weighted by atomic mass is 10.1. The van der Waals surface area contributed by atoms with E-state index in [-0.39, 0.29) is 0 Å². The maximum absolute atomic E-state index is 6.00. The number of methoxy groups -OCH3 is 1. The molecule has 0 aliphatic heterocycles. The third-order valence-electron chi connectivity index (χ3n) is 4.41. The third-order valence-corrected chi connectivity index (χ3v) is 4.41. The molecule has 3 aromatic rings. The molecule has 0 bridgehead atoms. The first-order valence-corrected chi connectivity index (χ1v) is 9.50. The second-order valence-electron chi connectivity index (χ2n) is 6.57. The predicted molar refractivity (Wildman–Crippen MR) is 113 cm³/mol. The van der Waals surface area contributed by atoms with Gasteiger partial charge in [0, 0.05) is 12.2 Å². The summed E-state index contributed by atoms with van der Waals surface area (Å²) in [4.78, 5) is 0. The summed E-state index contributed by atoms with van der Waals surface area (Å²) in [5, 5.41) is 3.41. The van der Waals surface area contributed by atoms with Gasteiger partial charge in [-0.05, 0) is 61.4 Å². The number of benzene rings is 3. The lowest BCUT2D eigenvalue weighted by Crippen LogP contribution is -2.03. The van der Waals surface area contributed by atoms with E-state index in [1.807, 2.05) is 43.3 Å². The molecule has 0 atom stereocenters. The van der Waals surface area contributed by atoms with E-state index in [2.05, 4.69) is 42.6 Å². The molecule has 0 spiro atoms. The van der Waals surface area contributed by atoms with Gasteiger partial charge in [-0.1, -0.05) is 35.9 Å². The fourth-order valence-electron chi connectivity index (χ4n) is 2.81. The first-order valence-electron chi connectivity index (χ1n) is 9.50. The summed E-state index contributed by atoms with van der Waals surface area (Å²) in [6, 6.07) is 22.3. The molecule has 0 saturated heterocycles. The zero-order chi connectivity index (χ0) is 19.8. The fraction of sp³-hybridized carbons (Fsp3) is 0.250. The predicted octanol–water partition coefficient (Wildman–Crippen LogP) is 5.59. The number of rotatable bonds is 9. The van der Waals surface area contributed by atoms with Gasteiger partial charge in [-0.2, -0.15) is 0 Å². The Kier molecular flexibility index (Phi) is 6.79. The Morgan fingerprint density at radius 2 is 1.50 bits per heavy atom. The summed E-state index contributed by atoms with van der Waals surface area (Å²) in [6.07, 6.45) is 0. The van der Waals surface area contributed by atoms with Crippen molar-refractivity contribution in [3.63, 3.8) is 0 Å². The van der Waals surface area contributed by atoms with E-state index in [4.69, 9.17) is 14.2 Å². The van der Waals surface area contributed by atoms with Crippen LogP contribution in [-0.2, 0) is 13.2 Å². The first-order chi connectivity index (χ1) is 13.7. The van der Waals surface area contributed by atoms with Crippen LogP contribution < -0.4 is 19.5 Å². The van der Waals surface area contributed by atoms with E-state index in [1.54, 1.807) is 7.11 Å². The van der Waals surface area contributed by atoms with Crippen LogP contribution in [0.3, 0.4) is 0 Å². The maximum Gasteiger partial charge on any atom is 0.161 e. The zero-order valence-corrected chi connectivity index (χ0v) is 16.7. The number of hydrogen-bond acceptors (Lipinski definition) is 4. The van der Waals surface area contributed by atoms with Crippen LogP contribution in [0.15, 0.2) is 66.7 Å². The molecule has 0 fully saturated rings. The van der Waals surface area contributed by atoms with Crippen LogP contribution >= 0.6 is 0 Å². The molecule has 0 radical (unpaired) electrons. The summed E-state index contributed by atoms with van der Waals surface area (Å²) < 4.78 is 17.0. The van der Waals surface area contributed by atoms with Crippen molar-refractivity contribution in [1.29, 1.82) is 0 Å². The highest BCUT2D eigenvalue weighted by Crippen LogP contribution is 2.30. The van der Waals surface area contributed by atoms with Gasteiger partial charge in [-0.15, -0.1) is 0 Å². The molecule has 4 heteroatoms. The highest BCUT2D eigenvalue weighted by atomic mass is 16.5. The quantitative estimate of drug-likeness (QED) is 0.527. The van der Waals surface area contributed by atoms with E-state index in [0.717, 1.165) is 34.1 Å². The van der Waals surface area contributed by atoms with E-state index in [9.17, 15) is 0 Å². The lowest BCUT2D eigenvalue weighted by molar-refractivity contribution is 0.269. The Labute approximate surface area is 167 Å². The van der Waals surface area contributed by atoms with Crippen LogP contribution in [0, 0.1) is 6.92 Å². The minimum absolute atomic E-state index is 0.518. The van der Waals surface area contributed by atoms with Crippen molar-refractivity contribution < 1.29 is 14.2 Å². The number of anilines is 1. The van der Waals surface area contributed by atoms with Gasteiger partial charge in [-0.3, -0.25) is 0 Å². The van der Waals surface area contributed by atoms with Crippen LogP contribution in [0.4, 0.5) is 5.69 Å². The molecule has 28 heavy (non-hydrogen) atoms. The van der Waals surface area contributed by atoms with Crippen LogP contribution in [-0.4, -0.2) is 13.7 Å². The lowest BCUT2D eigenvalue weighted by Gasteiger charge is -2.14. The number of ether oxygens (including phenoxy) is 3.